The number of benzene rings is 1. The molecule has 1 aliphatic rings. The average molecular weight is 290 g/mol. The highest BCUT2D eigenvalue weighted by Gasteiger charge is 2.21. The normalized spacial score (nSPS) is 20.0. The van der Waals surface area contributed by atoms with Gasteiger partial charge in [0.25, 0.3) is 5.91 Å². The van der Waals surface area contributed by atoms with E-state index in [-0.39, 0.29) is 12.0 Å². The van der Waals surface area contributed by atoms with Gasteiger partial charge in [-0.3, -0.25) is 4.79 Å². The second-order valence-electron chi connectivity index (χ2n) is 5.64. The number of hydrogen-bond acceptors (Lipinski definition) is 3. The molecule has 0 radical (unpaired) electrons. The molecule has 1 amide bonds. The van der Waals surface area contributed by atoms with Crippen LogP contribution in [0.15, 0.2) is 24.3 Å². The molecule has 4 nitrogen and oxygen atoms in total. The zero-order chi connectivity index (χ0) is 15.1. The Morgan fingerprint density at radius 1 is 1.33 bits per heavy atom. The van der Waals surface area contributed by atoms with E-state index in [9.17, 15) is 4.79 Å². The number of anilines is 1. The first-order chi connectivity index (χ1) is 10.2. The van der Waals surface area contributed by atoms with E-state index in [4.69, 9.17) is 4.74 Å². The summed E-state index contributed by atoms with van der Waals surface area (Å²) in [5.41, 5.74) is 2.07. The van der Waals surface area contributed by atoms with Crippen molar-refractivity contribution in [1.29, 1.82) is 0 Å². The Hall–Kier alpha value is -1.39. The summed E-state index contributed by atoms with van der Waals surface area (Å²) in [6.45, 7) is 6.01. The fourth-order valence-corrected chi connectivity index (χ4v) is 2.50. The van der Waals surface area contributed by atoms with Crippen LogP contribution in [0.5, 0.6) is 0 Å². The predicted molar refractivity (Wildman–Crippen MR) is 85.4 cm³/mol. The Morgan fingerprint density at radius 2 is 2.10 bits per heavy atom. The summed E-state index contributed by atoms with van der Waals surface area (Å²) in [5, 5.41) is 6.39. The topological polar surface area (TPSA) is 50.4 Å². The van der Waals surface area contributed by atoms with E-state index in [1.165, 1.54) is 5.56 Å². The molecule has 0 spiro atoms. The Morgan fingerprint density at radius 3 is 2.71 bits per heavy atom. The van der Waals surface area contributed by atoms with Crippen LogP contribution in [0.4, 0.5) is 5.69 Å². The quantitative estimate of drug-likeness (QED) is 0.845. The SMILES string of the molecule is CCCNC(C)c1ccc(NC(=O)C2CCCCO2)cc1. The summed E-state index contributed by atoms with van der Waals surface area (Å²) >= 11 is 0. The lowest BCUT2D eigenvalue weighted by Gasteiger charge is -2.21. The Kier molecular flexibility index (Phi) is 6.21. The molecule has 116 valence electrons. The molecule has 2 N–H and O–H groups in total. The first-order valence-electron chi connectivity index (χ1n) is 7.96. The fraction of sp³-hybridized carbons (Fsp3) is 0.588. The van der Waals surface area contributed by atoms with Crippen LogP contribution >= 0.6 is 0 Å². The molecule has 2 rings (SSSR count). The highest BCUT2D eigenvalue weighted by molar-refractivity contribution is 5.94. The lowest BCUT2D eigenvalue weighted by Crippen LogP contribution is -2.33. The molecule has 0 aromatic heterocycles. The van der Waals surface area contributed by atoms with Crippen LogP contribution in [0.2, 0.25) is 0 Å². The molecule has 0 saturated carbocycles. The van der Waals surface area contributed by atoms with Crippen molar-refractivity contribution in [2.24, 2.45) is 0 Å². The highest BCUT2D eigenvalue weighted by Crippen LogP contribution is 2.18. The average Bonchev–Trinajstić information content (AvgIpc) is 2.54. The predicted octanol–water partition coefficient (Wildman–Crippen LogP) is 3.25. The number of hydrogen-bond donors (Lipinski definition) is 2. The molecule has 1 heterocycles. The number of amides is 1. The molecule has 1 saturated heterocycles. The van der Waals surface area contributed by atoms with Crippen molar-refractivity contribution in [3.05, 3.63) is 29.8 Å². The first-order valence-corrected chi connectivity index (χ1v) is 7.96. The van der Waals surface area contributed by atoms with Crippen molar-refractivity contribution < 1.29 is 9.53 Å². The maximum atomic E-state index is 12.1. The summed E-state index contributed by atoms with van der Waals surface area (Å²) in [4.78, 5) is 12.1. The van der Waals surface area contributed by atoms with Crippen LogP contribution in [0.3, 0.4) is 0 Å². The van der Waals surface area contributed by atoms with Gasteiger partial charge in [-0.15, -0.1) is 0 Å². The van der Waals surface area contributed by atoms with E-state index < -0.39 is 0 Å². The van der Waals surface area contributed by atoms with Crippen molar-refractivity contribution in [1.82, 2.24) is 5.32 Å². The molecule has 1 fully saturated rings. The molecular weight excluding hydrogens is 264 g/mol. The largest absolute Gasteiger partial charge is 0.368 e. The summed E-state index contributed by atoms with van der Waals surface area (Å²) in [6, 6.07) is 8.37. The molecule has 21 heavy (non-hydrogen) atoms. The summed E-state index contributed by atoms with van der Waals surface area (Å²) in [7, 11) is 0. The van der Waals surface area contributed by atoms with Crippen LogP contribution in [0, 0.1) is 0 Å². The lowest BCUT2D eigenvalue weighted by atomic mass is 10.1. The van der Waals surface area contributed by atoms with E-state index >= 15 is 0 Å². The van der Waals surface area contributed by atoms with Crippen molar-refractivity contribution in [2.45, 2.75) is 51.7 Å². The molecule has 0 bridgehead atoms. The smallest absolute Gasteiger partial charge is 0.253 e. The van der Waals surface area contributed by atoms with E-state index in [2.05, 4.69) is 36.6 Å². The highest BCUT2D eigenvalue weighted by atomic mass is 16.5. The number of nitrogens with one attached hydrogen (secondary N) is 2. The second-order valence-corrected chi connectivity index (χ2v) is 5.64. The van der Waals surface area contributed by atoms with Gasteiger partial charge in [-0.1, -0.05) is 19.1 Å². The Balaban J connectivity index is 1.88. The number of rotatable bonds is 6. The minimum atomic E-state index is -0.288. The van der Waals surface area contributed by atoms with Crippen LogP contribution in [0.1, 0.15) is 51.1 Å². The van der Waals surface area contributed by atoms with Gasteiger partial charge < -0.3 is 15.4 Å². The first kappa shape index (κ1) is 16.0. The van der Waals surface area contributed by atoms with E-state index in [1.807, 2.05) is 12.1 Å². The zero-order valence-corrected chi connectivity index (χ0v) is 13.0. The molecule has 1 aromatic rings. The molecule has 4 heteroatoms. The van der Waals surface area contributed by atoms with Crippen molar-refractivity contribution in [2.75, 3.05) is 18.5 Å². The standard InChI is InChI=1S/C17H26N2O2/c1-3-11-18-13(2)14-7-9-15(10-8-14)19-17(20)16-6-4-5-12-21-16/h7-10,13,16,18H,3-6,11-12H2,1-2H3,(H,19,20). The lowest BCUT2D eigenvalue weighted by molar-refractivity contribution is -0.129. The van der Waals surface area contributed by atoms with Gasteiger partial charge in [0.2, 0.25) is 0 Å². The summed E-state index contributed by atoms with van der Waals surface area (Å²) in [5.74, 6) is -0.0281. The van der Waals surface area contributed by atoms with Crippen LogP contribution < -0.4 is 10.6 Å². The number of ether oxygens (including phenoxy) is 1. The summed E-state index contributed by atoms with van der Waals surface area (Å²) < 4.78 is 5.50. The zero-order valence-electron chi connectivity index (χ0n) is 13.0. The van der Waals surface area contributed by atoms with E-state index in [0.29, 0.717) is 12.6 Å². The van der Waals surface area contributed by atoms with Gasteiger partial charge in [-0.2, -0.15) is 0 Å². The third-order valence-electron chi connectivity index (χ3n) is 3.85. The molecule has 2 unspecified atom stereocenters. The van der Waals surface area contributed by atoms with Gasteiger partial charge in [0.05, 0.1) is 0 Å². The monoisotopic (exact) mass is 290 g/mol. The van der Waals surface area contributed by atoms with Crippen molar-refractivity contribution >= 4 is 11.6 Å². The minimum absolute atomic E-state index is 0.0281. The maximum Gasteiger partial charge on any atom is 0.253 e. The van der Waals surface area contributed by atoms with Gasteiger partial charge >= 0.3 is 0 Å². The van der Waals surface area contributed by atoms with Gasteiger partial charge in [-0.05, 0) is 56.8 Å². The molecular formula is C17H26N2O2. The minimum Gasteiger partial charge on any atom is -0.368 e. The third-order valence-corrected chi connectivity index (χ3v) is 3.85. The van der Waals surface area contributed by atoms with Crippen LogP contribution in [-0.4, -0.2) is 25.2 Å². The summed E-state index contributed by atoms with van der Waals surface area (Å²) in [6.07, 6.45) is 3.78. The number of carbonyl (C=O) groups excluding carboxylic acids is 1. The number of carbonyl (C=O) groups is 1. The second kappa shape index (κ2) is 8.15. The van der Waals surface area contributed by atoms with Gasteiger partial charge in [0, 0.05) is 18.3 Å². The Labute approximate surface area is 127 Å². The van der Waals surface area contributed by atoms with Crippen LogP contribution in [0.25, 0.3) is 0 Å². The molecule has 1 aliphatic heterocycles. The van der Waals surface area contributed by atoms with E-state index in [0.717, 1.165) is 37.9 Å². The van der Waals surface area contributed by atoms with Crippen LogP contribution in [-0.2, 0) is 9.53 Å². The fourth-order valence-electron chi connectivity index (χ4n) is 2.50. The third kappa shape index (κ3) is 4.83. The van der Waals surface area contributed by atoms with Gasteiger partial charge in [0.1, 0.15) is 6.10 Å². The van der Waals surface area contributed by atoms with Gasteiger partial charge in [0.15, 0.2) is 0 Å². The van der Waals surface area contributed by atoms with Crippen molar-refractivity contribution in [3.63, 3.8) is 0 Å². The molecule has 0 aliphatic carbocycles. The molecule has 2 atom stereocenters. The maximum absolute atomic E-state index is 12.1. The molecule has 1 aromatic carbocycles. The van der Waals surface area contributed by atoms with E-state index in [1.54, 1.807) is 0 Å². The Bertz CT molecular complexity index is 439. The van der Waals surface area contributed by atoms with Gasteiger partial charge in [-0.25, -0.2) is 0 Å². The van der Waals surface area contributed by atoms with Crippen molar-refractivity contribution in [3.8, 4) is 0 Å².